The van der Waals surface area contributed by atoms with E-state index in [1.54, 1.807) is 18.2 Å². The summed E-state index contributed by atoms with van der Waals surface area (Å²) in [6.45, 7) is 3.76. The number of ketones is 1. The number of carbonyl (C=O) groups excluding carboxylic acids is 1. The van der Waals surface area contributed by atoms with Gasteiger partial charge < -0.3 is 14.3 Å². The first-order valence-electron chi connectivity index (χ1n) is 10.1. The number of hydrogen-bond acceptors (Lipinski definition) is 5. The van der Waals surface area contributed by atoms with Crippen LogP contribution >= 0.6 is 0 Å². The zero-order valence-electron chi connectivity index (χ0n) is 16.4. The highest BCUT2D eigenvalue weighted by atomic mass is 16.5. The number of ether oxygens (including phenoxy) is 1. The Kier molecular flexibility index (Phi) is 4.40. The number of hydrogen-bond donors (Lipinski definition) is 1. The number of rotatable bonds is 3. The van der Waals surface area contributed by atoms with Gasteiger partial charge in [0.05, 0.1) is 11.1 Å². The lowest BCUT2D eigenvalue weighted by Gasteiger charge is -2.33. The number of furan rings is 1. The smallest absolute Gasteiger partial charge is 0.232 e. The maximum atomic E-state index is 12.9. The molecule has 0 spiro atoms. The number of phenolic OH excluding ortho intramolecular Hbond substituents is 1. The maximum Gasteiger partial charge on any atom is 0.232 e. The van der Waals surface area contributed by atoms with Gasteiger partial charge in [0.25, 0.3) is 0 Å². The second-order valence-electron chi connectivity index (χ2n) is 7.88. The minimum Gasteiger partial charge on any atom is -0.507 e. The summed E-state index contributed by atoms with van der Waals surface area (Å²) in [6, 6.07) is 13.3. The highest BCUT2D eigenvalue weighted by molar-refractivity contribution is 6.15. The van der Waals surface area contributed by atoms with Gasteiger partial charge in [0.2, 0.25) is 5.78 Å². The van der Waals surface area contributed by atoms with Gasteiger partial charge in [0.15, 0.2) is 5.76 Å². The van der Waals surface area contributed by atoms with Crippen molar-refractivity contribution < 1.29 is 19.1 Å². The predicted octanol–water partition coefficient (Wildman–Crippen LogP) is 5.13. The topological polar surface area (TPSA) is 62.9 Å². The molecule has 3 heterocycles. The number of fused-ring (bicyclic) bond motifs is 2. The van der Waals surface area contributed by atoms with Crippen LogP contribution in [-0.2, 0) is 6.54 Å². The minimum atomic E-state index is -0.187. The number of Topliss-reactive ketones (excluding diaryl/α,β-unsaturated/α-hetero) is 1. The van der Waals surface area contributed by atoms with Gasteiger partial charge in [-0.2, -0.15) is 0 Å². The van der Waals surface area contributed by atoms with E-state index in [0.29, 0.717) is 35.2 Å². The van der Waals surface area contributed by atoms with Crippen molar-refractivity contribution in [3.8, 4) is 11.5 Å². The van der Waals surface area contributed by atoms with E-state index >= 15 is 0 Å². The second kappa shape index (κ2) is 7.08. The fraction of sp³-hybridized carbons (Fsp3) is 0.292. The molecular weight excluding hydrogens is 366 g/mol. The largest absolute Gasteiger partial charge is 0.507 e. The first-order valence-corrected chi connectivity index (χ1v) is 10.1. The van der Waals surface area contributed by atoms with Gasteiger partial charge in [-0.15, -0.1) is 0 Å². The van der Waals surface area contributed by atoms with Gasteiger partial charge in [-0.1, -0.05) is 24.6 Å². The lowest BCUT2D eigenvalue weighted by molar-refractivity contribution is 0.101. The lowest BCUT2D eigenvalue weighted by atomic mass is 10.0. The molecule has 1 saturated heterocycles. The van der Waals surface area contributed by atoms with E-state index in [2.05, 4.69) is 11.8 Å². The van der Waals surface area contributed by atoms with Crippen LogP contribution in [0.2, 0.25) is 0 Å². The molecule has 1 fully saturated rings. The van der Waals surface area contributed by atoms with Crippen LogP contribution in [0, 0.1) is 0 Å². The third kappa shape index (κ3) is 3.21. The Morgan fingerprint density at radius 3 is 2.90 bits per heavy atom. The van der Waals surface area contributed by atoms with Crippen molar-refractivity contribution in [1.82, 2.24) is 4.90 Å². The number of piperidine rings is 1. The third-order valence-corrected chi connectivity index (χ3v) is 5.94. The van der Waals surface area contributed by atoms with E-state index in [1.165, 1.54) is 6.42 Å². The van der Waals surface area contributed by atoms with E-state index in [1.807, 2.05) is 30.3 Å². The Bertz CT molecular complexity index is 1090. The minimum absolute atomic E-state index is 0.166. The van der Waals surface area contributed by atoms with Crippen molar-refractivity contribution in [2.45, 2.75) is 38.8 Å². The number of para-hydroxylation sites is 1. The Labute approximate surface area is 169 Å². The molecule has 148 valence electrons. The van der Waals surface area contributed by atoms with Crippen LogP contribution in [0.5, 0.6) is 11.5 Å². The monoisotopic (exact) mass is 389 g/mol. The van der Waals surface area contributed by atoms with Crippen LogP contribution in [-0.4, -0.2) is 28.4 Å². The molecule has 5 rings (SSSR count). The van der Waals surface area contributed by atoms with E-state index in [0.717, 1.165) is 30.4 Å². The number of allylic oxidation sites excluding steroid dienone is 1. The Hall–Kier alpha value is -3.05. The molecule has 0 amide bonds. The maximum absolute atomic E-state index is 12.9. The molecule has 3 aromatic rings. The Morgan fingerprint density at radius 1 is 1.21 bits per heavy atom. The van der Waals surface area contributed by atoms with Crippen LogP contribution in [0.25, 0.3) is 17.0 Å². The number of benzene rings is 2. The van der Waals surface area contributed by atoms with Crippen LogP contribution < -0.4 is 4.74 Å². The zero-order valence-corrected chi connectivity index (χ0v) is 16.4. The summed E-state index contributed by atoms with van der Waals surface area (Å²) in [6.07, 6.45) is 5.16. The molecule has 29 heavy (non-hydrogen) atoms. The molecule has 2 aromatic carbocycles. The molecule has 5 nitrogen and oxygen atoms in total. The molecule has 0 saturated carbocycles. The van der Waals surface area contributed by atoms with Crippen LogP contribution in [0.3, 0.4) is 0 Å². The molecule has 5 heteroatoms. The summed E-state index contributed by atoms with van der Waals surface area (Å²) in [5, 5.41) is 11.5. The average Bonchev–Trinajstić information content (AvgIpc) is 3.26. The number of aromatic hydroxyl groups is 1. The second-order valence-corrected chi connectivity index (χ2v) is 7.88. The average molecular weight is 389 g/mol. The first-order chi connectivity index (χ1) is 14.1. The fourth-order valence-electron chi connectivity index (χ4n) is 4.25. The van der Waals surface area contributed by atoms with Crippen molar-refractivity contribution in [3.05, 3.63) is 65.1 Å². The summed E-state index contributed by atoms with van der Waals surface area (Å²) in [7, 11) is 0. The van der Waals surface area contributed by atoms with E-state index in [-0.39, 0.29) is 17.3 Å². The van der Waals surface area contributed by atoms with Gasteiger partial charge in [0.1, 0.15) is 22.8 Å². The fourth-order valence-corrected chi connectivity index (χ4v) is 4.25. The molecular formula is C24H23NO4. The predicted molar refractivity (Wildman–Crippen MR) is 111 cm³/mol. The van der Waals surface area contributed by atoms with Gasteiger partial charge in [-0.25, -0.2) is 0 Å². The SMILES string of the molecule is C[C@@H]1CCCCN1Cc1c(O)ccc2c1OC(=Cc1cc3ccccc3o1)C2=O. The van der Waals surface area contributed by atoms with Gasteiger partial charge in [0, 0.05) is 24.0 Å². The van der Waals surface area contributed by atoms with Gasteiger partial charge in [-0.05, 0) is 50.6 Å². The highest BCUT2D eigenvalue weighted by Crippen LogP contribution is 2.41. The molecule has 1 N–H and O–H groups in total. The molecule has 2 aliphatic heterocycles. The van der Waals surface area contributed by atoms with E-state index < -0.39 is 0 Å². The standard InChI is InChI=1S/C24H23NO4/c1-15-6-4-5-11-25(15)14-19-20(26)10-9-18-23(27)22(29-24(18)19)13-17-12-16-7-2-3-8-21(16)28-17/h2-3,7-10,12-13,15,26H,4-6,11,14H2,1H3/t15-/m1/s1. The van der Waals surface area contributed by atoms with Gasteiger partial charge in [-0.3, -0.25) is 9.69 Å². The normalized spacial score (nSPS) is 20.9. The van der Waals surface area contributed by atoms with Crippen molar-refractivity contribution in [2.24, 2.45) is 0 Å². The Morgan fingerprint density at radius 2 is 2.07 bits per heavy atom. The van der Waals surface area contributed by atoms with Crippen LogP contribution in [0.1, 0.15) is 47.9 Å². The highest BCUT2D eigenvalue weighted by Gasteiger charge is 2.32. The summed E-state index contributed by atoms with van der Waals surface area (Å²) >= 11 is 0. The van der Waals surface area contributed by atoms with Crippen molar-refractivity contribution in [1.29, 1.82) is 0 Å². The summed E-state index contributed by atoms with van der Waals surface area (Å²) < 4.78 is 11.8. The third-order valence-electron chi connectivity index (χ3n) is 5.94. The van der Waals surface area contributed by atoms with E-state index in [9.17, 15) is 9.90 Å². The number of carbonyl (C=O) groups is 1. The lowest BCUT2D eigenvalue weighted by Crippen LogP contribution is -2.36. The molecule has 0 unspecified atom stereocenters. The molecule has 0 bridgehead atoms. The van der Waals surface area contributed by atoms with Crippen molar-refractivity contribution >= 4 is 22.8 Å². The van der Waals surface area contributed by atoms with Gasteiger partial charge >= 0.3 is 0 Å². The zero-order chi connectivity index (χ0) is 20.0. The molecule has 2 aliphatic rings. The number of nitrogens with zero attached hydrogens (tertiary/aromatic N) is 1. The molecule has 1 aromatic heterocycles. The molecule has 0 radical (unpaired) electrons. The van der Waals surface area contributed by atoms with E-state index in [4.69, 9.17) is 9.15 Å². The van der Waals surface area contributed by atoms with Crippen molar-refractivity contribution in [2.75, 3.05) is 6.54 Å². The quantitative estimate of drug-likeness (QED) is 0.629. The first kappa shape index (κ1) is 18.0. The van der Waals surface area contributed by atoms with Crippen molar-refractivity contribution in [3.63, 3.8) is 0 Å². The summed E-state index contributed by atoms with van der Waals surface area (Å²) in [4.78, 5) is 15.2. The van der Waals surface area contributed by atoms with Crippen LogP contribution in [0.15, 0.2) is 52.6 Å². The Balaban J connectivity index is 1.48. The molecule has 1 atom stereocenters. The van der Waals surface area contributed by atoms with Crippen LogP contribution in [0.4, 0.5) is 0 Å². The summed E-state index contributed by atoms with van der Waals surface area (Å²) in [5.74, 6) is 1.23. The number of likely N-dealkylation sites (tertiary alicyclic amines) is 1. The number of phenols is 1. The summed E-state index contributed by atoms with van der Waals surface area (Å²) in [5.41, 5.74) is 1.93. The molecule has 0 aliphatic carbocycles.